The average molecular weight is 909 g/mol. The van der Waals surface area contributed by atoms with Gasteiger partial charge in [-0.15, -0.1) is 0 Å². The van der Waals surface area contributed by atoms with Crippen LogP contribution in [0.5, 0.6) is 0 Å². The van der Waals surface area contributed by atoms with Gasteiger partial charge in [0, 0.05) is 41.1 Å². The highest BCUT2D eigenvalue weighted by Gasteiger charge is 2.39. The SMILES string of the molecule is CCC(=O)N1c2ccccc2[C@H](N(C(=O)OCc2ccc(NC(=O)[C@H](C)NC(=O)OC(C)(C)C)cc2)c2ccc(NC(=O)CNC(=O)OCC3c4ccccc4-c4ccccc43)cc2)C[C@@H]1C. The maximum absolute atomic E-state index is 14.3. The van der Waals surface area contributed by atoms with Gasteiger partial charge in [-0.25, -0.2) is 14.4 Å². The Morgan fingerprint density at radius 3 is 1.94 bits per heavy atom. The summed E-state index contributed by atoms with van der Waals surface area (Å²) in [6.45, 7) is 10.2. The first-order valence-corrected chi connectivity index (χ1v) is 22.3. The third-order valence-electron chi connectivity index (χ3n) is 11.5. The molecule has 3 atom stereocenters. The summed E-state index contributed by atoms with van der Waals surface area (Å²) >= 11 is 0. The quantitative estimate of drug-likeness (QED) is 0.0836. The molecule has 0 aromatic heterocycles. The summed E-state index contributed by atoms with van der Waals surface area (Å²) in [6, 6.07) is 35.4. The number of para-hydroxylation sites is 1. The predicted octanol–water partition coefficient (Wildman–Crippen LogP) is 9.44. The maximum Gasteiger partial charge on any atom is 0.415 e. The summed E-state index contributed by atoms with van der Waals surface area (Å²) in [5, 5.41) is 10.6. The van der Waals surface area contributed by atoms with Crippen LogP contribution in [0, 0.1) is 0 Å². The van der Waals surface area contributed by atoms with Crippen LogP contribution in [-0.4, -0.2) is 66.8 Å². The number of fused-ring (bicyclic) bond motifs is 4. The van der Waals surface area contributed by atoms with E-state index in [4.69, 9.17) is 14.2 Å². The smallest absolute Gasteiger partial charge is 0.415 e. The molecule has 5 aromatic rings. The minimum atomic E-state index is -0.870. The first-order chi connectivity index (χ1) is 32.1. The number of amides is 6. The topological polar surface area (TPSA) is 185 Å². The van der Waals surface area contributed by atoms with E-state index in [0.29, 0.717) is 41.2 Å². The fraction of sp³-hybridized carbons (Fsp3) is 0.308. The van der Waals surface area contributed by atoms with Crippen molar-refractivity contribution in [3.05, 3.63) is 144 Å². The van der Waals surface area contributed by atoms with Crippen molar-refractivity contribution >= 4 is 58.8 Å². The molecule has 1 aliphatic heterocycles. The number of alkyl carbamates (subject to hydrolysis) is 2. The minimum Gasteiger partial charge on any atom is -0.449 e. The van der Waals surface area contributed by atoms with E-state index in [1.54, 1.807) is 86.0 Å². The number of ether oxygens (including phenoxy) is 3. The molecule has 6 amide bonds. The molecular formula is C52H56N6O9. The first-order valence-electron chi connectivity index (χ1n) is 22.3. The molecule has 7 rings (SSSR count). The van der Waals surface area contributed by atoms with E-state index in [2.05, 4.69) is 33.4 Å². The van der Waals surface area contributed by atoms with Crippen LogP contribution >= 0.6 is 0 Å². The number of hydrogen-bond acceptors (Lipinski definition) is 9. The molecule has 4 N–H and O–H groups in total. The fourth-order valence-corrected chi connectivity index (χ4v) is 8.40. The molecule has 0 radical (unpaired) electrons. The molecule has 0 saturated heterocycles. The van der Waals surface area contributed by atoms with Crippen LogP contribution in [0.3, 0.4) is 0 Å². The molecule has 5 aromatic carbocycles. The van der Waals surface area contributed by atoms with E-state index >= 15 is 0 Å². The lowest BCUT2D eigenvalue weighted by molar-refractivity contribution is -0.119. The Hall–Kier alpha value is -7.68. The number of benzene rings is 5. The normalized spacial score (nSPS) is 15.4. The molecule has 1 aliphatic carbocycles. The van der Waals surface area contributed by atoms with Crippen molar-refractivity contribution in [3.63, 3.8) is 0 Å². The zero-order valence-corrected chi connectivity index (χ0v) is 38.5. The lowest BCUT2D eigenvalue weighted by Crippen LogP contribution is -2.47. The molecule has 0 saturated carbocycles. The molecular weight excluding hydrogens is 853 g/mol. The molecule has 1 heterocycles. The third-order valence-corrected chi connectivity index (χ3v) is 11.5. The van der Waals surface area contributed by atoms with Gasteiger partial charge < -0.3 is 40.4 Å². The zero-order valence-electron chi connectivity index (χ0n) is 38.5. The second kappa shape index (κ2) is 20.7. The number of nitrogens with one attached hydrogen (secondary N) is 4. The van der Waals surface area contributed by atoms with Crippen molar-refractivity contribution < 1.29 is 43.0 Å². The summed E-state index contributed by atoms with van der Waals surface area (Å²) < 4.78 is 16.8. The first kappa shape index (κ1) is 47.3. The summed E-state index contributed by atoms with van der Waals surface area (Å²) in [6.07, 6.45) is -1.35. The van der Waals surface area contributed by atoms with Gasteiger partial charge in [-0.05, 0) is 117 Å². The van der Waals surface area contributed by atoms with E-state index in [1.165, 1.54) is 0 Å². The number of hydrogen-bond donors (Lipinski definition) is 4. The van der Waals surface area contributed by atoms with Crippen LogP contribution in [0.2, 0.25) is 0 Å². The number of rotatable bonds is 13. The van der Waals surface area contributed by atoms with Crippen molar-refractivity contribution in [3.8, 4) is 11.1 Å². The van der Waals surface area contributed by atoms with Gasteiger partial charge >= 0.3 is 18.3 Å². The van der Waals surface area contributed by atoms with Gasteiger partial charge in [0.1, 0.15) is 31.4 Å². The van der Waals surface area contributed by atoms with Crippen molar-refractivity contribution in [2.24, 2.45) is 0 Å². The number of nitrogens with zero attached hydrogens (tertiary/aromatic N) is 2. The molecule has 348 valence electrons. The highest BCUT2D eigenvalue weighted by molar-refractivity contribution is 5.98. The van der Waals surface area contributed by atoms with Crippen molar-refractivity contribution in [2.75, 3.05) is 33.6 Å². The molecule has 67 heavy (non-hydrogen) atoms. The highest BCUT2D eigenvalue weighted by Crippen LogP contribution is 2.45. The third kappa shape index (κ3) is 11.4. The van der Waals surface area contributed by atoms with Crippen LogP contribution < -0.4 is 31.1 Å². The van der Waals surface area contributed by atoms with Crippen LogP contribution in [-0.2, 0) is 35.2 Å². The molecule has 0 bridgehead atoms. The van der Waals surface area contributed by atoms with Gasteiger partial charge in [0.25, 0.3) is 0 Å². The Labute approximate surface area is 390 Å². The maximum atomic E-state index is 14.3. The zero-order chi connectivity index (χ0) is 47.8. The van der Waals surface area contributed by atoms with Crippen molar-refractivity contribution in [1.82, 2.24) is 10.6 Å². The van der Waals surface area contributed by atoms with E-state index in [1.807, 2.05) is 74.5 Å². The molecule has 0 unspecified atom stereocenters. The summed E-state index contributed by atoms with van der Waals surface area (Å²) in [7, 11) is 0. The standard InChI is InChI=1S/C52H56N6O9/c1-7-47(60)57-32(2)28-45(42-18-12-13-19-44(42)57)58(51(64)66-30-34-20-22-36(23-21-34)56-48(61)33(3)54-50(63)67-52(4,5)6)37-26-24-35(25-27-37)55-46(59)29-53-49(62)65-31-43-40-16-10-8-14-38(40)39-15-9-11-17-41(39)43/h8-27,32-33,43,45H,7,28-31H2,1-6H3,(H,53,62)(H,54,63)(H,55,59)(H,56,61)/t32-,33-,45+/m0/s1. The Kier molecular flexibility index (Phi) is 14.6. The molecule has 0 fully saturated rings. The van der Waals surface area contributed by atoms with Gasteiger partial charge in [-0.3, -0.25) is 19.3 Å². The summed E-state index contributed by atoms with van der Waals surface area (Å²) in [4.78, 5) is 81.6. The number of carbonyl (C=O) groups excluding carboxylic acids is 6. The Morgan fingerprint density at radius 1 is 0.731 bits per heavy atom. The average Bonchev–Trinajstić information content (AvgIpc) is 3.63. The Bertz CT molecular complexity index is 2580. The second-order valence-electron chi connectivity index (χ2n) is 17.5. The van der Waals surface area contributed by atoms with E-state index in [9.17, 15) is 28.8 Å². The Balaban J connectivity index is 1.000. The van der Waals surface area contributed by atoms with Gasteiger partial charge in [-0.2, -0.15) is 0 Å². The van der Waals surface area contributed by atoms with Gasteiger partial charge in [0.05, 0.1) is 6.04 Å². The van der Waals surface area contributed by atoms with E-state index in [-0.39, 0.29) is 37.6 Å². The largest absolute Gasteiger partial charge is 0.449 e. The molecule has 0 spiro atoms. The lowest BCUT2D eigenvalue weighted by atomic mass is 9.90. The van der Waals surface area contributed by atoms with E-state index in [0.717, 1.165) is 27.8 Å². The molecule has 2 aliphatic rings. The summed E-state index contributed by atoms with van der Waals surface area (Å²) in [5.74, 6) is -1.08. The lowest BCUT2D eigenvalue weighted by Gasteiger charge is -2.43. The monoisotopic (exact) mass is 908 g/mol. The second-order valence-corrected chi connectivity index (χ2v) is 17.5. The highest BCUT2D eigenvalue weighted by atomic mass is 16.6. The summed E-state index contributed by atoms with van der Waals surface area (Å²) in [5.41, 5.74) is 7.17. The Morgan fingerprint density at radius 2 is 1.31 bits per heavy atom. The molecule has 15 heteroatoms. The number of anilines is 4. The van der Waals surface area contributed by atoms with Gasteiger partial charge in [-0.1, -0.05) is 85.8 Å². The van der Waals surface area contributed by atoms with Crippen LogP contribution in [0.1, 0.15) is 88.6 Å². The number of carbonyl (C=O) groups is 6. The van der Waals surface area contributed by atoms with Crippen LogP contribution in [0.4, 0.5) is 37.1 Å². The van der Waals surface area contributed by atoms with Gasteiger partial charge in [0.2, 0.25) is 17.7 Å². The predicted molar refractivity (Wildman–Crippen MR) is 256 cm³/mol. The van der Waals surface area contributed by atoms with Crippen LogP contribution in [0.15, 0.2) is 121 Å². The van der Waals surface area contributed by atoms with Gasteiger partial charge in [0.15, 0.2) is 0 Å². The fourth-order valence-electron chi connectivity index (χ4n) is 8.40. The van der Waals surface area contributed by atoms with Crippen molar-refractivity contribution in [2.45, 2.75) is 90.6 Å². The van der Waals surface area contributed by atoms with Crippen LogP contribution in [0.25, 0.3) is 11.1 Å². The van der Waals surface area contributed by atoms with E-state index < -0.39 is 47.8 Å². The molecule has 15 nitrogen and oxygen atoms in total. The van der Waals surface area contributed by atoms with Crippen molar-refractivity contribution in [1.29, 1.82) is 0 Å². The minimum absolute atomic E-state index is 0.0332.